The second-order valence-corrected chi connectivity index (χ2v) is 7.32. The molecule has 0 radical (unpaired) electrons. The number of hydrogen-bond acceptors (Lipinski definition) is 6. The second kappa shape index (κ2) is 7.82. The number of thioether (sulfide) groups is 1. The first-order chi connectivity index (χ1) is 13.6. The van der Waals surface area contributed by atoms with Gasteiger partial charge in [0.2, 0.25) is 5.89 Å². The van der Waals surface area contributed by atoms with Crippen LogP contribution in [-0.4, -0.2) is 19.9 Å². The molecule has 0 aliphatic rings. The van der Waals surface area contributed by atoms with E-state index in [1.807, 2.05) is 50.2 Å². The van der Waals surface area contributed by atoms with Crippen molar-refractivity contribution in [1.29, 1.82) is 0 Å². The van der Waals surface area contributed by atoms with E-state index >= 15 is 0 Å². The Morgan fingerprint density at radius 2 is 1.89 bits per heavy atom. The van der Waals surface area contributed by atoms with Gasteiger partial charge in [0.25, 0.3) is 5.56 Å². The summed E-state index contributed by atoms with van der Waals surface area (Å²) in [6, 6.07) is 13.2. The number of nitrogens with zero attached hydrogens (tertiary/aromatic N) is 3. The third-order valence-electron chi connectivity index (χ3n) is 4.21. The van der Waals surface area contributed by atoms with Crippen LogP contribution < -0.4 is 5.56 Å². The van der Waals surface area contributed by atoms with Crippen molar-refractivity contribution in [3.63, 3.8) is 0 Å². The van der Waals surface area contributed by atoms with Crippen molar-refractivity contribution in [2.45, 2.75) is 24.8 Å². The summed E-state index contributed by atoms with van der Waals surface area (Å²) in [6.07, 6.45) is 3.37. The van der Waals surface area contributed by atoms with E-state index in [1.54, 1.807) is 12.4 Å². The summed E-state index contributed by atoms with van der Waals surface area (Å²) in [5, 5.41) is 0.533. The molecule has 7 heteroatoms. The summed E-state index contributed by atoms with van der Waals surface area (Å²) in [7, 11) is 0. The summed E-state index contributed by atoms with van der Waals surface area (Å²) < 4.78 is 5.82. The molecule has 0 bridgehead atoms. The van der Waals surface area contributed by atoms with Crippen LogP contribution in [0.2, 0.25) is 0 Å². The van der Waals surface area contributed by atoms with Gasteiger partial charge in [-0.25, -0.2) is 9.97 Å². The van der Waals surface area contributed by atoms with Gasteiger partial charge in [-0.05, 0) is 38.1 Å². The molecule has 4 aromatic rings. The summed E-state index contributed by atoms with van der Waals surface area (Å²) in [5.41, 5.74) is 4.15. The molecule has 4 rings (SSSR count). The highest BCUT2D eigenvalue weighted by Crippen LogP contribution is 2.27. The fourth-order valence-corrected chi connectivity index (χ4v) is 3.56. The minimum absolute atomic E-state index is 0.200. The molecule has 0 unspecified atom stereocenters. The van der Waals surface area contributed by atoms with Gasteiger partial charge in [-0.15, -0.1) is 0 Å². The average Bonchev–Trinajstić information content (AvgIpc) is 3.08. The van der Waals surface area contributed by atoms with Crippen molar-refractivity contribution in [2.24, 2.45) is 0 Å². The fraction of sp³-hybridized carbons (Fsp3) is 0.143. The number of oxazole rings is 1. The number of aryl methyl sites for hydroxylation is 2. The maximum absolute atomic E-state index is 12.0. The average molecular weight is 390 g/mol. The molecule has 1 N–H and O–H groups in total. The Balaban J connectivity index is 1.54. The Hall–Kier alpha value is -3.19. The minimum Gasteiger partial charge on any atom is -0.441 e. The third-order valence-corrected chi connectivity index (χ3v) is 5.10. The molecule has 0 atom stereocenters. The van der Waals surface area contributed by atoms with E-state index < -0.39 is 0 Å². The zero-order chi connectivity index (χ0) is 19.5. The van der Waals surface area contributed by atoms with E-state index in [2.05, 4.69) is 19.9 Å². The van der Waals surface area contributed by atoms with E-state index in [4.69, 9.17) is 4.42 Å². The van der Waals surface area contributed by atoms with Crippen LogP contribution in [0.4, 0.5) is 0 Å². The number of pyridine rings is 1. The number of aromatic amines is 1. The zero-order valence-corrected chi connectivity index (χ0v) is 16.3. The number of aromatic nitrogens is 4. The first kappa shape index (κ1) is 18.2. The predicted octanol–water partition coefficient (Wildman–Crippen LogP) is 4.40. The Labute approximate surface area is 166 Å². The third kappa shape index (κ3) is 4.04. The van der Waals surface area contributed by atoms with Crippen LogP contribution in [0.25, 0.3) is 22.7 Å². The molecule has 0 saturated heterocycles. The van der Waals surface area contributed by atoms with Crippen molar-refractivity contribution in [3.05, 3.63) is 82.2 Å². The lowest BCUT2D eigenvalue weighted by Gasteiger charge is -2.03. The van der Waals surface area contributed by atoms with Crippen LogP contribution in [-0.2, 0) is 5.75 Å². The number of nitrogens with one attached hydrogen (secondary N) is 1. The molecular formula is C21H18N4O2S. The molecule has 0 fully saturated rings. The van der Waals surface area contributed by atoms with Gasteiger partial charge in [-0.2, -0.15) is 0 Å². The van der Waals surface area contributed by atoms with Crippen LogP contribution in [0.1, 0.15) is 17.0 Å². The fourth-order valence-electron chi connectivity index (χ4n) is 2.68. The van der Waals surface area contributed by atoms with Crippen LogP contribution in [0, 0.1) is 13.8 Å². The lowest BCUT2D eigenvalue weighted by Crippen LogP contribution is -2.08. The highest BCUT2D eigenvalue weighted by atomic mass is 32.2. The van der Waals surface area contributed by atoms with Gasteiger partial charge in [0.05, 0.1) is 11.4 Å². The molecule has 1 aromatic carbocycles. The maximum atomic E-state index is 12.0. The Kier molecular flexibility index (Phi) is 5.08. The lowest BCUT2D eigenvalue weighted by molar-refractivity contribution is 0.540. The summed E-state index contributed by atoms with van der Waals surface area (Å²) in [4.78, 5) is 28.0. The maximum Gasteiger partial charge on any atom is 0.252 e. The molecule has 3 heterocycles. The van der Waals surface area contributed by atoms with Gasteiger partial charge in [0.15, 0.2) is 5.16 Å². The summed E-state index contributed by atoms with van der Waals surface area (Å²) >= 11 is 1.41. The Bertz CT molecular complexity index is 1150. The van der Waals surface area contributed by atoms with Crippen LogP contribution in [0.5, 0.6) is 0 Å². The van der Waals surface area contributed by atoms with E-state index in [0.717, 1.165) is 22.6 Å². The first-order valence-corrected chi connectivity index (χ1v) is 9.75. The van der Waals surface area contributed by atoms with Gasteiger partial charge < -0.3 is 9.40 Å². The lowest BCUT2D eigenvalue weighted by atomic mass is 10.1. The zero-order valence-electron chi connectivity index (χ0n) is 15.5. The number of rotatable bonds is 5. The number of benzene rings is 1. The molecule has 140 valence electrons. The Morgan fingerprint density at radius 1 is 1.07 bits per heavy atom. The molecule has 3 aromatic heterocycles. The van der Waals surface area contributed by atoms with Crippen molar-refractivity contribution in [3.8, 4) is 22.7 Å². The normalized spacial score (nSPS) is 10.9. The first-order valence-electron chi connectivity index (χ1n) is 8.76. The molecule has 6 nitrogen and oxygen atoms in total. The van der Waals surface area contributed by atoms with Gasteiger partial charge in [0.1, 0.15) is 5.76 Å². The van der Waals surface area contributed by atoms with Gasteiger partial charge in [-0.3, -0.25) is 9.78 Å². The van der Waals surface area contributed by atoms with Crippen molar-refractivity contribution in [1.82, 2.24) is 19.9 Å². The van der Waals surface area contributed by atoms with E-state index in [1.165, 1.54) is 23.4 Å². The topological polar surface area (TPSA) is 84.7 Å². The number of H-pyrrole nitrogens is 1. The van der Waals surface area contributed by atoms with Crippen LogP contribution in [0.15, 0.2) is 69.2 Å². The smallest absolute Gasteiger partial charge is 0.252 e. The second-order valence-electron chi connectivity index (χ2n) is 6.35. The monoisotopic (exact) mass is 390 g/mol. The van der Waals surface area contributed by atoms with Gasteiger partial charge >= 0.3 is 0 Å². The molecule has 0 amide bonds. The van der Waals surface area contributed by atoms with E-state index in [-0.39, 0.29) is 5.56 Å². The standard InChI is InChI=1S/C21H18N4O2S/c1-13-5-7-15(8-6-13)20-23-18(14(2)27-20)12-28-21-24-17(10-19(26)25-21)16-4-3-9-22-11-16/h3-11H,12H2,1-2H3,(H,24,25,26). The van der Waals surface area contributed by atoms with Crippen molar-refractivity contribution >= 4 is 11.8 Å². The molecule has 28 heavy (non-hydrogen) atoms. The van der Waals surface area contributed by atoms with Crippen molar-refractivity contribution < 1.29 is 4.42 Å². The number of hydrogen-bond donors (Lipinski definition) is 1. The molecular weight excluding hydrogens is 372 g/mol. The Morgan fingerprint density at radius 3 is 2.64 bits per heavy atom. The summed E-state index contributed by atoms with van der Waals surface area (Å²) in [6.45, 7) is 3.93. The quantitative estimate of drug-likeness (QED) is 0.402. The molecule has 0 aliphatic heterocycles. The van der Waals surface area contributed by atoms with E-state index in [0.29, 0.717) is 22.5 Å². The van der Waals surface area contributed by atoms with Crippen molar-refractivity contribution in [2.75, 3.05) is 0 Å². The molecule has 0 saturated carbocycles. The molecule has 0 spiro atoms. The highest BCUT2D eigenvalue weighted by Gasteiger charge is 2.13. The van der Waals surface area contributed by atoms with Gasteiger partial charge in [0, 0.05) is 35.3 Å². The minimum atomic E-state index is -0.200. The summed E-state index contributed by atoms with van der Waals surface area (Å²) in [5.74, 6) is 1.90. The SMILES string of the molecule is Cc1ccc(-c2nc(CSc3nc(-c4cccnc4)cc(=O)[nH]3)c(C)o2)cc1. The van der Waals surface area contributed by atoms with Gasteiger partial charge in [-0.1, -0.05) is 29.5 Å². The predicted molar refractivity (Wildman–Crippen MR) is 109 cm³/mol. The molecule has 0 aliphatic carbocycles. The largest absolute Gasteiger partial charge is 0.441 e. The highest BCUT2D eigenvalue weighted by molar-refractivity contribution is 7.98. The van der Waals surface area contributed by atoms with Crippen LogP contribution >= 0.6 is 11.8 Å². The van der Waals surface area contributed by atoms with Crippen LogP contribution in [0.3, 0.4) is 0 Å². The van der Waals surface area contributed by atoms with E-state index in [9.17, 15) is 4.79 Å².